The number of hydrogen-bond donors (Lipinski definition) is 1. The third-order valence-corrected chi connectivity index (χ3v) is 5.75. The van der Waals surface area contributed by atoms with Crippen LogP contribution in [0.5, 0.6) is 0 Å². The summed E-state index contributed by atoms with van der Waals surface area (Å²) in [7, 11) is -3.54. The van der Waals surface area contributed by atoms with Gasteiger partial charge >= 0.3 is 0 Å². The lowest BCUT2D eigenvalue weighted by Gasteiger charge is -2.43. The first-order valence-corrected chi connectivity index (χ1v) is 9.41. The van der Waals surface area contributed by atoms with Crippen LogP contribution in [0.2, 0.25) is 0 Å². The standard InChI is InChI=1S/C19H22N2O2S/c1-15-13-19(2,3)21(18-12-8-7-11-17(15)18)14-20-24(22,23)16-9-5-4-6-10-16/h4-13,20H,14H2,1-3H3. The number of hydrogen-bond acceptors (Lipinski definition) is 3. The van der Waals surface area contributed by atoms with E-state index in [0.29, 0.717) is 0 Å². The maximum atomic E-state index is 12.5. The zero-order valence-electron chi connectivity index (χ0n) is 14.2. The predicted molar refractivity (Wildman–Crippen MR) is 98.3 cm³/mol. The van der Waals surface area contributed by atoms with Gasteiger partial charge in [0.2, 0.25) is 10.0 Å². The summed E-state index contributed by atoms with van der Waals surface area (Å²) in [6.07, 6.45) is 2.17. The fraction of sp³-hybridized carbons (Fsp3) is 0.263. The number of benzene rings is 2. The smallest absolute Gasteiger partial charge is 0.242 e. The Hall–Kier alpha value is -2.11. The number of rotatable bonds is 4. The maximum absolute atomic E-state index is 12.5. The zero-order chi connectivity index (χ0) is 17.4. The minimum absolute atomic E-state index is 0.213. The van der Waals surface area contributed by atoms with Crippen molar-refractivity contribution in [1.29, 1.82) is 0 Å². The molecule has 0 amide bonds. The molecule has 0 unspecified atom stereocenters. The van der Waals surface area contributed by atoms with E-state index in [1.807, 2.05) is 18.2 Å². The number of fused-ring (bicyclic) bond motifs is 1. The van der Waals surface area contributed by atoms with E-state index in [0.717, 1.165) is 11.3 Å². The lowest BCUT2D eigenvalue weighted by Crippen LogP contribution is -2.50. The number of nitrogens with one attached hydrogen (secondary N) is 1. The van der Waals surface area contributed by atoms with Gasteiger partial charge in [-0.3, -0.25) is 0 Å². The number of sulfonamides is 1. The Morgan fingerprint density at radius 1 is 1.00 bits per heavy atom. The van der Waals surface area contributed by atoms with Crippen LogP contribution >= 0.6 is 0 Å². The van der Waals surface area contributed by atoms with Crippen molar-refractivity contribution in [2.24, 2.45) is 0 Å². The molecule has 0 spiro atoms. The zero-order valence-corrected chi connectivity index (χ0v) is 15.0. The summed E-state index contributed by atoms with van der Waals surface area (Å²) in [5.41, 5.74) is 3.10. The Bertz CT molecular complexity index is 871. The highest BCUT2D eigenvalue weighted by Crippen LogP contribution is 2.38. The van der Waals surface area contributed by atoms with E-state index >= 15 is 0 Å². The molecular weight excluding hydrogens is 320 g/mol. The second-order valence-electron chi connectivity index (χ2n) is 6.55. The van der Waals surface area contributed by atoms with Crippen LogP contribution in [0, 0.1) is 0 Å². The summed E-state index contributed by atoms with van der Waals surface area (Å²) >= 11 is 0. The summed E-state index contributed by atoms with van der Waals surface area (Å²) in [4.78, 5) is 2.36. The maximum Gasteiger partial charge on any atom is 0.242 e. The molecule has 1 aliphatic rings. The van der Waals surface area contributed by atoms with Crippen LogP contribution < -0.4 is 9.62 Å². The van der Waals surface area contributed by atoms with Gasteiger partial charge in [0.1, 0.15) is 0 Å². The molecule has 5 heteroatoms. The summed E-state index contributed by atoms with van der Waals surface area (Å²) in [5, 5.41) is 0. The monoisotopic (exact) mass is 342 g/mol. The molecule has 0 aliphatic carbocycles. The molecule has 1 heterocycles. The number of anilines is 1. The molecule has 2 aromatic rings. The minimum atomic E-state index is -3.54. The first-order chi connectivity index (χ1) is 11.3. The summed E-state index contributed by atoms with van der Waals surface area (Å²) in [6, 6.07) is 16.5. The van der Waals surface area contributed by atoms with Crippen LogP contribution in [0.25, 0.3) is 5.57 Å². The molecule has 1 N–H and O–H groups in total. The van der Waals surface area contributed by atoms with Crippen molar-refractivity contribution in [3.63, 3.8) is 0 Å². The van der Waals surface area contributed by atoms with Gasteiger partial charge in [0, 0.05) is 11.3 Å². The van der Waals surface area contributed by atoms with Gasteiger partial charge in [-0.05, 0) is 44.5 Å². The van der Waals surface area contributed by atoms with Crippen molar-refractivity contribution >= 4 is 21.3 Å². The summed E-state index contributed by atoms with van der Waals surface area (Å²) in [5.74, 6) is 0. The van der Waals surface area contributed by atoms with Gasteiger partial charge in [-0.25, -0.2) is 8.42 Å². The molecule has 126 valence electrons. The van der Waals surface area contributed by atoms with Gasteiger partial charge in [0.05, 0.1) is 17.1 Å². The number of para-hydroxylation sites is 1. The van der Waals surface area contributed by atoms with Crippen LogP contribution in [0.3, 0.4) is 0 Å². The molecule has 0 saturated heterocycles. The fourth-order valence-corrected chi connectivity index (χ4v) is 4.14. The second-order valence-corrected chi connectivity index (χ2v) is 8.31. The van der Waals surface area contributed by atoms with E-state index in [1.54, 1.807) is 30.3 Å². The summed E-state index contributed by atoms with van der Waals surface area (Å²) in [6.45, 7) is 6.48. The van der Waals surface area contributed by atoms with Crippen molar-refractivity contribution in [2.45, 2.75) is 31.2 Å². The van der Waals surface area contributed by atoms with Crippen molar-refractivity contribution in [3.05, 3.63) is 66.2 Å². The predicted octanol–water partition coefficient (Wildman–Crippen LogP) is 3.62. The molecule has 1 aliphatic heterocycles. The molecular formula is C19H22N2O2S. The Morgan fingerprint density at radius 3 is 2.33 bits per heavy atom. The second kappa shape index (κ2) is 6.07. The van der Waals surface area contributed by atoms with Crippen LogP contribution in [0.15, 0.2) is 65.6 Å². The molecule has 0 radical (unpaired) electrons. The lowest BCUT2D eigenvalue weighted by atomic mass is 9.89. The van der Waals surface area contributed by atoms with Crippen molar-refractivity contribution in [3.8, 4) is 0 Å². The largest absolute Gasteiger partial charge is 0.349 e. The molecule has 2 aromatic carbocycles. The molecule has 0 fully saturated rings. The Balaban J connectivity index is 1.90. The number of allylic oxidation sites excluding steroid dienone is 1. The van der Waals surface area contributed by atoms with E-state index in [4.69, 9.17) is 0 Å². The van der Waals surface area contributed by atoms with Gasteiger partial charge < -0.3 is 4.90 Å². The van der Waals surface area contributed by atoms with Crippen molar-refractivity contribution in [1.82, 2.24) is 4.72 Å². The van der Waals surface area contributed by atoms with E-state index in [2.05, 4.69) is 42.5 Å². The SMILES string of the molecule is CC1=CC(C)(C)N(CNS(=O)(=O)c2ccccc2)c2ccccc21. The topological polar surface area (TPSA) is 49.4 Å². The molecule has 0 bridgehead atoms. The Kier molecular flexibility index (Phi) is 4.24. The number of nitrogens with zero attached hydrogens (tertiary/aromatic N) is 1. The third kappa shape index (κ3) is 3.09. The van der Waals surface area contributed by atoms with Crippen LogP contribution in [0.1, 0.15) is 26.3 Å². The van der Waals surface area contributed by atoms with Gasteiger partial charge in [-0.2, -0.15) is 4.72 Å². The Labute approximate surface area is 143 Å². The first-order valence-electron chi connectivity index (χ1n) is 7.92. The molecule has 0 atom stereocenters. The highest BCUT2D eigenvalue weighted by atomic mass is 32.2. The molecule has 3 rings (SSSR count). The molecule has 24 heavy (non-hydrogen) atoms. The third-order valence-electron chi connectivity index (χ3n) is 4.35. The quantitative estimate of drug-likeness (QED) is 0.923. The fourth-order valence-electron chi connectivity index (χ4n) is 3.16. The van der Waals surface area contributed by atoms with Gasteiger partial charge in [0.15, 0.2) is 0 Å². The van der Waals surface area contributed by atoms with E-state index < -0.39 is 10.0 Å². The molecule has 0 saturated carbocycles. The lowest BCUT2D eigenvalue weighted by molar-refractivity contribution is 0.533. The van der Waals surface area contributed by atoms with Crippen LogP contribution in [-0.2, 0) is 10.0 Å². The highest BCUT2D eigenvalue weighted by Gasteiger charge is 2.31. The Morgan fingerprint density at radius 2 is 1.62 bits per heavy atom. The van der Waals surface area contributed by atoms with E-state index in [-0.39, 0.29) is 17.1 Å². The summed E-state index contributed by atoms with van der Waals surface area (Å²) < 4.78 is 27.7. The minimum Gasteiger partial charge on any atom is -0.349 e. The first kappa shape index (κ1) is 16.7. The average Bonchev–Trinajstić information content (AvgIpc) is 2.54. The van der Waals surface area contributed by atoms with Gasteiger partial charge in [-0.15, -0.1) is 0 Å². The van der Waals surface area contributed by atoms with Crippen molar-refractivity contribution < 1.29 is 8.42 Å². The van der Waals surface area contributed by atoms with Gasteiger partial charge in [0.25, 0.3) is 0 Å². The van der Waals surface area contributed by atoms with E-state index in [1.165, 1.54) is 5.57 Å². The average molecular weight is 342 g/mol. The highest BCUT2D eigenvalue weighted by molar-refractivity contribution is 7.89. The normalized spacial score (nSPS) is 16.5. The van der Waals surface area contributed by atoms with Crippen LogP contribution in [0.4, 0.5) is 5.69 Å². The van der Waals surface area contributed by atoms with Crippen LogP contribution in [-0.4, -0.2) is 20.6 Å². The molecule has 4 nitrogen and oxygen atoms in total. The van der Waals surface area contributed by atoms with Gasteiger partial charge in [-0.1, -0.05) is 42.5 Å². The van der Waals surface area contributed by atoms with E-state index in [9.17, 15) is 8.42 Å². The molecule has 0 aromatic heterocycles. The van der Waals surface area contributed by atoms with Crippen molar-refractivity contribution in [2.75, 3.05) is 11.6 Å².